The van der Waals surface area contributed by atoms with Crippen molar-refractivity contribution in [3.8, 4) is 5.75 Å². The van der Waals surface area contributed by atoms with Crippen LogP contribution in [0.15, 0.2) is 12.1 Å². The molecule has 1 aromatic carbocycles. The van der Waals surface area contributed by atoms with Gasteiger partial charge in [-0.05, 0) is 62.3 Å². The monoisotopic (exact) mass is 219 g/mol. The first-order valence-corrected chi connectivity index (χ1v) is 6.13. The molecule has 1 aromatic rings. The summed E-state index contributed by atoms with van der Waals surface area (Å²) in [5.41, 5.74) is 3.25. The topological polar surface area (TPSA) is 32.3 Å². The summed E-state index contributed by atoms with van der Waals surface area (Å²) in [6.07, 6.45) is 3.85. The first-order valence-electron chi connectivity index (χ1n) is 6.13. The van der Waals surface area contributed by atoms with Crippen molar-refractivity contribution in [1.82, 2.24) is 0 Å². The number of nitrogens with one attached hydrogen (secondary N) is 1. The lowest BCUT2D eigenvalue weighted by Gasteiger charge is -2.17. The van der Waals surface area contributed by atoms with Gasteiger partial charge >= 0.3 is 0 Å². The zero-order chi connectivity index (χ0) is 11.7. The van der Waals surface area contributed by atoms with Crippen LogP contribution in [0.3, 0.4) is 0 Å². The molecule has 1 aliphatic carbocycles. The van der Waals surface area contributed by atoms with Gasteiger partial charge in [0, 0.05) is 11.7 Å². The number of hydrogen-bond acceptors (Lipinski definition) is 2. The fourth-order valence-corrected chi connectivity index (χ4v) is 2.51. The molecular formula is C14H21NO. The number of aryl methyl sites for hydroxylation is 2. The molecule has 2 heteroatoms. The van der Waals surface area contributed by atoms with Gasteiger partial charge in [0.2, 0.25) is 0 Å². The molecule has 88 valence electrons. The van der Waals surface area contributed by atoms with Crippen molar-refractivity contribution in [2.75, 3.05) is 5.32 Å². The first-order chi connectivity index (χ1) is 7.56. The summed E-state index contributed by atoms with van der Waals surface area (Å²) in [5.74, 6) is 1.24. The second kappa shape index (κ2) is 4.36. The van der Waals surface area contributed by atoms with Crippen molar-refractivity contribution >= 4 is 5.69 Å². The van der Waals surface area contributed by atoms with Crippen LogP contribution in [0.4, 0.5) is 5.69 Å². The van der Waals surface area contributed by atoms with Crippen LogP contribution >= 0.6 is 0 Å². The number of phenols is 1. The third-order valence-corrected chi connectivity index (χ3v) is 3.60. The molecule has 0 aliphatic heterocycles. The summed E-state index contributed by atoms with van der Waals surface area (Å²) in [6.45, 7) is 6.30. The van der Waals surface area contributed by atoms with Gasteiger partial charge in [-0.25, -0.2) is 0 Å². The van der Waals surface area contributed by atoms with Crippen LogP contribution in [0.1, 0.15) is 37.3 Å². The maximum Gasteiger partial charge on any atom is 0.118 e. The maximum atomic E-state index is 9.60. The van der Waals surface area contributed by atoms with Crippen molar-refractivity contribution in [2.45, 2.75) is 46.1 Å². The summed E-state index contributed by atoms with van der Waals surface area (Å²) in [5, 5.41) is 13.2. The summed E-state index contributed by atoms with van der Waals surface area (Å²) < 4.78 is 0. The lowest BCUT2D eigenvalue weighted by Crippen LogP contribution is -2.16. The Morgan fingerprint density at radius 1 is 1.19 bits per heavy atom. The molecule has 0 bridgehead atoms. The van der Waals surface area contributed by atoms with Crippen molar-refractivity contribution in [1.29, 1.82) is 0 Å². The second-order valence-electron chi connectivity index (χ2n) is 5.21. The number of rotatable bonds is 2. The average molecular weight is 219 g/mol. The molecule has 0 radical (unpaired) electrons. The fourth-order valence-electron chi connectivity index (χ4n) is 2.51. The Morgan fingerprint density at radius 3 is 2.56 bits per heavy atom. The molecule has 2 atom stereocenters. The molecule has 2 N–H and O–H groups in total. The van der Waals surface area contributed by atoms with E-state index in [1.165, 1.54) is 24.9 Å². The van der Waals surface area contributed by atoms with Crippen LogP contribution < -0.4 is 5.32 Å². The molecular weight excluding hydrogens is 198 g/mol. The van der Waals surface area contributed by atoms with Gasteiger partial charge in [-0.2, -0.15) is 0 Å². The smallest absolute Gasteiger partial charge is 0.118 e. The van der Waals surface area contributed by atoms with Crippen molar-refractivity contribution < 1.29 is 5.11 Å². The summed E-state index contributed by atoms with van der Waals surface area (Å²) >= 11 is 0. The Labute approximate surface area is 97.7 Å². The third-order valence-electron chi connectivity index (χ3n) is 3.60. The molecule has 1 aliphatic rings. The van der Waals surface area contributed by atoms with E-state index in [4.69, 9.17) is 0 Å². The normalized spacial score (nSPS) is 24.7. The lowest BCUT2D eigenvalue weighted by molar-refractivity contribution is 0.470. The van der Waals surface area contributed by atoms with E-state index >= 15 is 0 Å². The van der Waals surface area contributed by atoms with E-state index in [0.717, 1.165) is 17.0 Å². The number of phenolic OH excluding ortho intramolecular Hbond substituents is 1. The first kappa shape index (κ1) is 11.3. The van der Waals surface area contributed by atoms with Crippen LogP contribution in [-0.2, 0) is 0 Å². The minimum Gasteiger partial charge on any atom is -0.508 e. The number of anilines is 1. The molecule has 0 aromatic heterocycles. The minimum absolute atomic E-state index is 0.392. The van der Waals surface area contributed by atoms with E-state index in [2.05, 4.69) is 12.2 Å². The lowest BCUT2D eigenvalue weighted by atomic mass is 10.1. The Kier molecular flexibility index (Phi) is 3.08. The van der Waals surface area contributed by atoms with E-state index in [1.807, 2.05) is 26.0 Å². The van der Waals surface area contributed by atoms with Gasteiger partial charge in [-0.1, -0.05) is 6.92 Å². The summed E-state index contributed by atoms with van der Waals surface area (Å²) in [4.78, 5) is 0. The van der Waals surface area contributed by atoms with Gasteiger partial charge in [-0.3, -0.25) is 0 Å². The van der Waals surface area contributed by atoms with Crippen LogP contribution in [0.2, 0.25) is 0 Å². The van der Waals surface area contributed by atoms with Gasteiger partial charge in [0.1, 0.15) is 5.75 Å². The molecule has 16 heavy (non-hydrogen) atoms. The molecule has 2 unspecified atom stereocenters. The number of aromatic hydroxyl groups is 1. The van der Waals surface area contributed by atoms with E-state index < -0.39 is 0 Å². The Balaban J connectivity index is 2.12. The average Bonchev–Trinajstić information content (AvgIpc) is 2.60. The van der Waals surface area contributed by atoms with Gasteiger partial charge in [0.25, 0.3) is 0 Å². The minimum atomic E-state index is 0.392. The van der Waals surface area contributed by atoms with Crippen molar-refractivity contribution in [2.24, 2.45) is 5.92 Å². The standard InChI is InChI=1S/C14H21NO/c1-9-4-5-12(6-9)15-13-7-11(3)14(16)8-10(13)2/h7-9,12,15-16H,4-6H2,1-3H3. The van der Waals surface area contributed by atoms with E-state index in [9.17, 15) is 5.11 Å². The SMILES string of the molecule is Cc1cc(NC2CCC(C)C2)c(C)cc1O. The van der Waals surface area contributed by atoms with Crippen LogP contribution in [0, 0.1) is 19.8 Å². The van der Waals surface area contributed by atoms with Gasteiger partial charge < -0.3 is 10.4 Å². The predicted molar refractivity (Wildman–Crippen MR) is 68.0 cm³/mol. The van der Waals surface area contributed by atoms with Gasteiger partial charge in [-0.15, -0.1) is 0 Å². The highest BCUT2D eigenvalue weighted by molar-refractivity contribution is 5.57. The zero-order valence-electron chi connectivity index (χ0n) is 10.4. The molecule has 1 saturated carbocycles. The second-order valence-corrected chi connectivity index (χ2v) is 5.21. The van der Waals surface area contributed by atoms with Crippen LogP contribution in [-0.4, -0.2) is 11.1 Å². The van der Waals surface area contributed by atoms with E-state index in [-0.39, 0.29) is 0 Å². The van der Waals surface area contributed by atoms with Crippen molar-refractivity contribution in [3.63, 3.8) is 0 Å². The molecule has 0 spiro atoms. The molecule has 2 rings (SSSR count). The number of hydrogen-bond donors (Lipinski definition) is 2. The zero-order valence-corrected chi connectivity index (χ0v) is 10.4. The summed E-state index contributed by atoms with van der Waals surface area (Å²) in [6, 6.07) is 4.50. The number of benzene rings is 1. The molecule has 2 nitrogen and oxygen atoms in total. The van der Waals surface area contributed by atoms with Crippen LogP contribution in [0.25, 0.3) is 0 Å². The third kappa shape index (κ3) is 2.31. The maximum absolute atomic E-state index is 9.60. The van der Waals surface area contributed by atoms with E-state index in [1.54, 1.807) is 0 Å². The highest BCUT2D eigenvalue weighted by Gasteiger charge is 2.21. The predicted octanol–water partition coefficient (Wildman–Crippen LogP) is 3.61. The van der Waals surface area contributed by atoms with Crippen LogP contribution in [0.5, 0.6) is 5.75 Å². The Bertz CT molecular complexity index is 387. The fraction of sp³-hybridized carbons (Fsp3) is 0.571. The molecule has 0 heterocycles. The molecule has 0 saturated heterocycles. The Hall–Kier alpha value is -1.18. The Morgan fingerprint density at radius 2 is 1.94 bits per heavy atom. The highest BCUT2D eigenvalue weighted by atomic mass is 16.3. The van der Waals surface area contributed by atoms with Crippen molar-refractivity contribution in [3.05, 3.63) is 23.3 Å². The summed E-state index contributed by atoms with van der Waals surface area (Å²) in [7, 11) is 0. The van der Waals surface area contributed by atoms with E-state index in [0.29, 0.717) is 11.8 Å². The van der Waals surface area contributed by atoms with Gasteiger partial charge in [0.15, 0.2) is 0 Å². The highest BCUT2D eigenvalue weighted by Crippen LogP contribution is 2.30. The molecule has 0 amide bonds. The molecule has 1 fully saturated rings. The largest absolute Gasteiger partial charge is 0.508 e. The quantitative estimate of drug-likeness (QED) is 0.745. The van der Waals surface area contributed by atoms with Gasteiger partial charge in [0.05, 0.1) is 0 Å².